The minimum atomic E-state index is -0.862. The van der Waals surface area contributed by atoms with Crippen molar-refractivity contribution in [1.82, 2.24) is 10.6 Å². The highest BCUT2D eigenvalue weighted by Gasteiger charge is 2.35. The van der Waals surface area contributed by atoms with Crippen LogP contribution >= 0.6 is 0 Å². The number of carboxylic acid groups (broad SMARTS) is 1. The summed E-state index contributed by atoms with van der Waals surface area (Å²) in [7, 11) is 0. The SMILES string of the molecule is CC(C)(CNC(=O)OCC1c2ccccc2-c2ccccc21)CC(=O)N[C@@H]1CCC[C@@H]1C(=O)O. The number of rotatable bonds is 8. The van der Waals surface area contributed by atoms with Crippen LogP contribution in [-0.2, 0) is 14.3 Å². The van der Waals surface area contributed by atoms with E-state index in [-0.39, 0.29) is 37.4 Å². The highest BCUT2D eigenvalue weighted by Crippen LogP contribution is 2.44. The van der Waals surface area contributed by atoms with Gasteiger partial charge >= 0.3 is 12.1 Å². The third-order valence-corrected chi connectivity index (χ3v) is 6.87. The maximum Gasteiger partial charge on any atom is 0.407 e. The molecule has 0 heterocycles. The Morgan fingerprint density at radius 3 is 2.24 bits per heavy atom. The Bertz CT molecular complexity index is 1030. The lowest BCUT2D eigenvalue weighted by Gasteiger charge is -2.26. The summed E-state index contributed by atoms with van der Waals surface area (Å²) in [6.07, 6.45) is 1.74. The zero-order chi connectivity index (χ0) is 24.3. The predicted octanol–water partition coefficient (Wildman–Crippen LogP) is 4.31. The molecule has 7 nitrogen and oxygen atoms in total. The number of hydrogen-bond acceptors (Lipinski definition) is 4. The van der Waals surface area contributed by atoms with Gasteiger partial charge in [0.05, 0.1) is 5.92 Å². The fourth-order valence-corrected chi connectivity index (χ4v) is 5.14. The minimum Gasteiger partial charge on any atom is -0.481 e. The summed E-state index contributed by atoms with van der Waals surface area (Å²) in [6.45, 7) is 4.28. The van der Waals surface area contributed by atoms with Gasteiger partial charge in [0.1, 0.15) is 6.61 Å². The van der Waals surface area contributed by atoms with E-state index < -0.39 is 23.4 Å². The Hall–Kier alpha value is -3.35. The van der Waals surface area contributed by atoms with Crippen LogP contribution in [0.4, 0.5) is 4.79 Å². The molecule has 2 aromatic carbocycles. The number of alkyl carbamates (subject to hydrolysis) is 1. The lowest BCUT2D eigenvalue weighted by atomic mass is 9.88. The number of amides is 2. The van der Waals surface area contributed by atoms with Crippen LogP contribution in [0.15, 0.2) is 48.5 Å². The maximum atomic E-state index is 12.5. The molecule has 3 N–H and O–H groups in total. The lowest BCUT2D eigenvalue weighted by Crippen LogP contribution is -2.43. The number of ether oxygens (including phenoxy) is 1. The quantitative estimate of drug-likeness (QED) is 0.540. The standard InChI is InChI=1S/C27H32N2O5/c1-27(2,14-24(30)29-23-13-7-12-21(23)25(31)32)16-28-26(33)34-15-22-19-10-5-3-8-17(19)18-9-4-6-11-20(18)22/h3-6,8-11,21-23H,7,12-16H2,1-2H3,(H,28,33)(H,29,30)(H,31,32)/t21-,23+/m0/s1. The van der Waals surface area contributed by atoms with Gasteiger partial charge in [0, 0.05) is 24.9 Å². The van der Waals surface area contributed by atoms with Crippen molar-refractivity contribution in [3.05, 3.63) is 59.7 Å². The van der Waals surface area contributed by atoms with Crippen molar-refractivity contribution in [3.63, 3.8) is 0 Å². The molecule has 0 radical (unpaired) electrons. The molecule has 4 rings (SSSR count). The van der Waals surface area contributed by atoms with Crippen LogP contribution in [0.5, 0.6) is 0 Å². The van der Waals surface area contributed by atoms with Crippen LogP contribution in [0.2, 0.25) is 0 Å². The Kier molecular flexibility index (Phi) is 6.91. The topological polar surface area (TPSA) is 105 Å². The molecule has 7 heteroatoms. The van der Waals surface area contributed by atoms with Gasteiger partial charge < -0.3 is 20.5 Å². The second-order valence-electron chi connectivity index (χ2n) is 10.1. The maximum absolute atomic E-state index is 12.5. The van der Waals surface area contributed by atoms with Gasteiger partial charge in [0.2, 0.25) is 5.91 Å². The Labute approximate surface area is 199 Å². The second kappa shape index (κ2) is 9.87. The first-order valence-corrected chi connectivity index (χ1v) is 11.9. The lowest BCUT2D eigenvalue weighted by molar-refractivity contribution is -0.142. The zero-order valence-electron chi connectivity index (χ0n) is 19.7. The molecule has 1 fully saturated rings. The number of carboxylic acids is 1. The van der Waals surface area contributed by atoms with Gasteiger partial charge in [-0.25, -0.2) is 4.79 Å². The molecule has 0 unspecified atom stereocenters. The zero-order valence-corrected chi connectivity index (χ0v) is 19.7. The van der Waals surface area contributed by atoms with E-state index in [1.807, 2.05) is 38.1 Å². The molecular formula is C27H32N2O5. The smallest absolute Gasteiger partial charge is 0.407 e. The van der Waals surface area contributed by atoms with Gasteiger partial charge in [-0.15, -0.1) is 0 Å². The van der Waals surface area contributed by atoms with E-state index in [2.05, 4.69) is 34.9 Å². The number of hydrogen-bond donors (Lipinski definition) is 3. The molecule has 0 bridgehead atoms. The number of carbonyl (C=O) groups is 3. The number of benzene rings is 2. The van der Waals surface area contributed by atoms with Crippen molar-refractivity contribution in [2.75, 3.05) is 13.2 Å². The highest BCUT2D eigenvalue weighted by atomic mass is 16.5. The van der Waals surface area contributed by atoms with E-state index in [1.165, 1.54) is 11.1 Å². The fraction of sp³-hybridized carbons (Fsp3) is 0.444. The van der Waals surface area contributed by atoms with Crippen LogP contribution < -0.4 is 10.6 Å². The predicted molar refractivity (Wildman–Crippen MR) is 128 cm³/mol. The van der Waals surface area contributed by atoms with Crippen molar-refractivity contribution in [2.24, 2.45) is 11.3 Å². The summed E-state index contributed by atoms with van der Waals surface area (Å²) in [5.41, 5.74) is 4.14. The summed E-state index contributed by atoms with van der Waals surface area (Å²) in [4.78, 5) is 36.3. The number of nitrogens with one attached hydrogen (secondary N) is 2. The molecule has 2 aromatic rings. The second-order valence-corrected chi connectivity index (χ2v) is 10.1. The normalized spacial score (nSPS) is 19.2. The molecule has 2 amide bonds. The van der Waals surface area contributed by atoms with E-state index in [0.717, 1.165) is 17.5 Å². The minimum absolute atomic E-state index is 0.00877. The van der Waals surface area contributed by atoms with E-state index in [9.17, 15) is 19.5 Å². The number of aliphatic carboxylic acids is 1. The molecule has 2 aliphatic carbocycles. The monoisotopic (exact) mass is 464 g/mol. The van der Waals surface area contributed by atoms with Crippen molar-refractivity contribution in [1.29, 1.82) is 0 Å². The van der Waals surface area contributed by atoms with Crippen molar-refractivity contribution < 1.29 is 24.2 Å². The fourth-order valence-electron chi connectivity index (χ4n) is 5.14. The Morgan fingerprint density at radius 2 is 1.62 bits per heavy atom. The van der Waals surface area contributed by atoms with E-state index in [4.69, 9.17) is 4.74 Å². The van der Waals surface area contributed by atoms with Gasteiger partial charge in [-0.1, -0.05) is 68.8 Å². The first-order chi connectivity index (χ1) is 16.2. The Morgan fingerprint density at radius 1 is 1.00 bits per heavy atom. The van der Waals surface area contributed by atoms with Gasteiger partial charge in [0.25, 0.3) is 0 Å². The van der Waals surface area contributed by atoms with Crippen LogP contribution in [0.25, 0.3) is 11.1 Å². The molecule has 2 atom stereocenters. The van der Waals surface area contributed by atoms with Crippen LogP contribution in [0.3, 0.4) is 0 Å². The van der Waals surface area contributed by atoms with E-state index in [1.54, 1.807) is 0 Å². The van der Waals surface area contributed by atoms with Crippen molar-refractivity contribution in [3.8, 4) is 11.1 Å². The van der Waals surface area contributed by atoms with Gasteiger partial charge in [-0.05, 0) is 40.5 Å². The first-order valence-electron chi connectivity index (χ1n) is 11.9. The van der Waals surface area contributed by atoms with Crippen LogP contribution in [-0.4, -0.2) is 42.3 Å². The average Bonchev–Trinajstić information content (AvgIpc) is 3.38. The number of fused-ring (bicyclic) bond motifs is 3. The molecule has 0 saturated heterocycles. The first kappa shape index (κ1) is 23.8. The molecule has 34 heavy (non-hydrogen) atoms. The average molecular weight is 465 g/mol. The van der Waals surface area contributed by atoms with Gasteiger partial charge in [-0.3, -0.25) is 9.59 Å². The molecule has 0 aromatic heterocycles. The highest BCUT2D eigenvalue weighted by molar-refractivity contribution is 5.80. The van der Waals surface area contributed by atoms with Crippen molar-refractivity contribution >= 4 is 18.0 Å². The summed E-state index contributed by atoms with van der Waals surface area (Å²) < 4.78 is 5.57. The molecule has 1 saturated carbocycles. The van der Waals surface area contributed by atoms with Gasteiger partial charge in [-0.2, -0.15) is 0 Å². The van der Waals surface area contributed by atoms with Crippen molar-refractivity contribution in [2.45, 2.75) is 51.5 Å². The number of carbonyl (C=O) groups excluding carboxylic acids is 2. The van der Waals surface area contributed by atoms with E-state index >= 15 is 0 Å². The summed E-state index contributed by atoms with van der Waals surface area (Å²) in [6, 6.07) is 16.0. The molecule has 0 aliphatic heterocycles. The molecule has 2 aliphatic rings. The Balaban J connectivity index is 1.27. The largest absolute Gasteiger partial charge is 0.481 e. The summed E-state index contributed by atoms with van der Waals surface area (Å²) in [5, 5.41) is 15.0. The third kappa shape index (κ3) is 5.24. The summed E-state index contributed by atoms with van der Waals surface area (Å²) >= 11 is 0. The molecule has 0 spiro atoms. The third-order valence-electron chi connectivity index (χ3n) is 6.87. The van der Waals surface area contributed by atoms with E-state index in [0.29, 0.717) is 12.8 Å². The summed E-state index contributed by atoms with van der Waals surface area (Å²) in [5.74, 6) is -1.59. The molecular weight excluding hydrogens is 432 g/mol. The van der Waals surface area contributed by atoms with Crippen LogP contribution in [0.1, 0.15) is 56.6 Å². The van der Waals surface area contributed by atoms with Crippen LogP contribution in [0, 0.1) is 11.3 Å². The van der Waals surface area contributed by atoms with Gasteiger partial charge in [0.15, 0.2) is 0 Å². The molecule has 180 valence electrons.